The molecule has 3 aromatic carbocycles. The molecule has 0 spiro atoms. The van der Waals surface area contributed by atoms with Gasteiger partial charge in [-0.2, -0.15) is 0 Å². The highest BCUT2D eigenvalue weighted by molar-refractivity contribution is 6.32. The first-order chi connectivity index (χ1) is 14.0. The van der Waals surface area contributed by atoms with Crippen LogP contribution in [0.1, 0.15) is 11.1 Å². The second-order valence-corrected chi connectivity index (χ2v) is 6.99. The van der Waals surface area contributed by atoms with Crippen molar-refractivity contribution in [3.63, 3.8) is 0 Å². The van der Waals surface area contributed by atoms with Crippen molar-refractivity contribution < 1.29 is 18.6 Å². The zero-order valence-corrected chi connectivity index (χ0v) is 17.5. The average Bonchev–Trinajstić information content (AvgIpc) is 2.72. The third-order valence-electron chi connectivity index (χ3n) is 4.31. The van der Waals surface area contributed by atoms with E-state index in [-0.39, 0.29) is 12.4 Å². The Labute approximate surface area is 179 Å². The van der Waals surface area contributed by atoms with E-state index in [0.717, 1.165) is 11.3 Å². The van der Waals surface area contributed by atoms with Crippen LogP contribution in [0.5, 0.6) is 17.2 Å². The minimum Gasteiger partial charge on any atom is -0.495 e. The molecule has 0 saturated heterocycles. The lowest BCUT2D eigenvalue weighted by atomic mass is 10.2. The third kappa shape index (κ3) is 5.25. The van der Waals surface area contributed by atoms with Gasteiger partial charge in [-0.1, -0.05) is 41.4 Å². The molecule has 0 fully saturated rings. The van der Waals surface area contributed by atoms with E-state index in [0.29, 0.717) is 39.4 Å². The summed E-state index contributed by atoms with van der Waals surface area (Å²) in [5.74, 6) is 1.23. The molecule has 7 heteroatoms. The standard InChI is InChI=1S/C22H20Cl2FNO3/c1-27-20-8-7-16(10-18(20)24)26-12-15-9-21(28-2)22(11-17(15)23)29-13-14-5-3-4-6-19(14)25/h3-11,26H,12-13H2,1-2H3. The summed E-state index contributed by atoms with van der Waals surface area (Å²) >= 11 is 12.6. The molecule has 0 atom stereocenters. The lowest BCUT2D eigenvalue weighted by Gasteiger charge is -2.15. The van der Waals surface area contributed by atoms with Crippen LogP contribution in [0.4, 0.5) is 10.1 Å². The van der Waals surface area contributed by atoms with Gasteiger partial charge in [-0.25, -0.2) is 4.39 Å². The quantitative estimate of drug-likeness (QED) is 0.447. The van der Waals surface area contributed by atoms with Crippen molar-refractivity contribution in [1.82, 2.24) is 0 Å². The Balaban J connectivity index is 1.72. The van der Waals surface area contributed by atoms with Crippen molar-refractivity contribution >= 4 is 28.9 Å². The fraction of sp³-hybridized carbons (Fsp3) is 0.182. The van der Waals surface area contributed by atoms with Crippen molar-refractivity contribution in [2.45, 2.75) is 13.2 Å². The molecular formula is C22H20Cl2FNO3. The van der Waals surface area contributed by atoms with E-state index >= 15 is 0 Å². The molecule has 0 aromatic heterocycles. The molecule has 0 aliphatic heterocycles. The molecule has 29 heavy (non-hydrogen) atoms. The molecule has 0 aliphatic rings. The first-order valence-electron chi connectivity index (χ1n) is 8.82. The van der Waals surface area contributed by atoms with Crippen LogP contribution in [-0.4, -0.2) is 14.2 Å². The normalized spacial score (nSPS) is 10.5. The van der Waals surface area contributed by atoms with Crippen molar-refractivity contribution in [3.05, 3.63) is 81.6 Å². The second kappa shape index (κ2) is 9.72. The number of rotatable bonds is 8. The number of ether oxygens (including phenoxy) is 3. The topological polar surface area (TPSA) is 39.7 Å². The predicted octanol–water partition coefficient (Wildman–Crippen LogP) is 6.34. The van der Waals surface area contributed by atoms with Gasteiger partial charge >= 0.3 is 0 Å². The Hall–Kier alpha value is -2.63. The summed E-state index contributed by atoms with van der Waals surface area (Å²) in [6.07, 6.45) is 0. The van der Waals surface area contributed by atoms with Crippen molar-refractivity contribution in [3.8, 4) is 17.2 Å². The van der Waals surface area contributed by atoms with Gasteiger partial charge in [0.1, 0.15) is 18.2 Å². The summed E-state index contributed by atoms with van der Waals surface area (Å²) in [7, 11) is 3.11. The molecule has 0 aliphatic carbocycles. The van der Waals surface area contributed by atoms with Crippen LogP contribution >= 0.6 is 23.2 Å². The first-order valence-corrected chi connectivity index (χ1v) is 9.57. The van der Waals surface area contributed by atoms with E-state index in [1.54, 1.807) is 56.7 Å². The number of benzene rings is 3. The van der Waals surface area contributed by atoms with Gasteiger partial charge in [0.05, 0.1) is 19.2 Å². The highest BCUT2D eigenvalue weighted by atomic mass is 35.5. The molecule has 3 aromatic rings. The second-order valence-electron chi connectivity index (χ2n) is 6.18. The fourth-order valence-corrected chi connectivity index (χ4v) is 3.21. The number of nitrogens with one attached hydrogen (secondary N) is 1. The van der Waals surface area contributed by atoms with E-state index in [9.17, 15) is 4.39 Å². The average molecular weight is 436 g/mol. The van der Waals surface area contributed by atoms with Crippen molar-refractivity contribution in [2.75, 3.05) is 19.5 Å². The van der Waals surface area contributed by atoms with Crippen molar-refractivity contribution in [1.29, 1.82) is 0 Å². The molecule has 0 amide bonds. The zero-order chi connectivity index (χ0) is 20.8. The molecule has 1 N–H and O–H groups in total. The van der Waals surface area contributed by atoms with Crippen LogP contribution in [0.3, 0.4) is 0 Å². The number of halogens is 3. The van der Waals surface area contributed by atoms with E-state index in [2.05, 4.69) is 5.32 Å². The van der Waals surface area contributed by atoms with Crippen LogP contribution in [0.2, 0.25) is 10.0 Å². The summed E-state index contributed by atoms with van der Waals surface area (Å²) in [4.78, 5) is 0. The van der Waals surface area contributed by atoms with Crippen LogP contribution in [0.25, 0.3) is 0 Å². The SMILES string of the molecule is COc1ccc(NCc2cc(OC)c(OCc3ccccc3F)cc2Cl)cc1Cl. The molecule has 0 bridgehead atoms. The first kappa shape index (κ1) is 21.1. The van der Waals surface area contributed by atoms with Crippen LogP contribution in [0.15, 0.2) is 54.6 Å². The van der Waals surface area contributed by atoms with Crippen LogP contribution in [0, 0.1) is 5.82 Å². The molecule has 0 radical (unpaired) electrons. The minimum absolute atomic E-state index is 0.0707. The van der Waals surface area contributed by atoms with Crippen molar-refractivity contribution in [2.24, 2.45) is 0 Å². The summed E-state index contributed by atoms with van der Waals surface area (Å²) < 4.78 is 30.1. The minimum atomic E-state index is -0.323. The third-order valence-corrected chi connectivity index (χ3v) is 4.96. The molecule has 0 unspecified atom stereocenters. The largest absolute Gasteiger partial charge is 0.495 e. The van der Waals surface area contributed by atoms with Gasteiger partial charge in [-0.3, -0.25) is 0 Å². The summed E-state index contributed by atoms with van der Waals surface area (Å²) in [6.45, 7) is 0.521. The maximum Gasteiger partial charge on any atom is 0.163 e. The van der Waals surface area contributed by atoms with E-state index in [4.69, 9.17) is 37.4 Å². The molecule has 0 saturated carbocycles. The molecule has 152 valence electrons. The molecule has 4 nitrogen and oxygen atoms in total. The Morgan fingerprint density at radius 3 is 2.28 bits per heavy atom. The van der Waals surface area contributed by atoms with E-state index < -0.39 is 0 Å². The number of anilines is 1. The zero-order valence-electron chi connectivity index (χ0n) is 16.0. The van der Waals surface area contributed by atoms with Gasteiger partial charge < -0.3 is 19.5 Å². The molecular weight excluding hydrogens is 416 g/mol. The molecule has 3 rings (SSSR count). The Morgan fingerprint density at radius 2 is 1.59 bits per heavy atom. The fourth-order valence-electron chi connectivity index (χ4n) is 2.73. The number of methoxy groups -OCH3 is 2. The lowest BCUT2D eigenvalue weighted by molar-refractivity contribution is 0.279. The summed E-state index contributed by atoms with van der Waals surface area (Å²) in [5.41, 5.74) is 2.09. The smallest absolute Gasteiger partial charge is 0.163 e. The monoisotopic (exact) mass is 435 g/mol. The summed E-state index contributed by atoms with van der Waals surface area (Å²) in [5, 5.41) is 4.27. The maximum atomic E-state index is 13.8. The van der Waals surface area contributed by atoms with Gasteiger partial charge in [-0.15, -0.1) is 0 Å². The maximum absolute atomic E-state index is 13.8. The molecule has 0 heterocycles. The van der Waals surface area contributed by atoms with E-state index in [1.807, 2.05) is 6.07 Å². The Bertz CT molecular complexity index is 998. The van der Waals surface area contributed by atoms with E-state index in [1.165, 1.54) is 6.07 Å². The van der Waals surface area contributed by atoms with Crippen LogP contribution < -0.4 is 19.5 Å². The van der Waals surface area contributed by atoms with Gasteiger partial charge in [0, 0.05) is 28.9 Å². The van der Waals surface area contributed by atoms with Gasteiger partial charge in [0.2, 0.25) is 0 Å². The highest BCUT2D eigenvalue weighted by Gasteiger charge is 2.12. The van der Waals surface area contributed by atoms with Crippen LogP contribution in [-0.2, 0) is 13.2 Å². The van der Waals surface area contributed by atoms with Gasteiger partial charge in [-0.05, 0) is 35.9 Å². The highest BCUT2D eigenvalue weighted by Crippen LogP contribution is 2.35. The lowest BCUT2D eigenvalue weighted by Crippen LogP contribution is -2.03. The number of hydrogen-bond acceptors (Lipinski definition) is 4. The predicted molar refractivity (Wildman–Crippen MR) is 114 cm³/mol. The number of hydrogen-bond donors (Lipinski definition) is 1. The van der Waals surface area contributed by atoms with Gasteiger partial charge in [0.15, 0.2) is 11.5 Å². The van der Waals surface area contributed by atoms with Gasteiger partial charge in [0.25, 0.3) is 0 Å². The Kier molecular flexibility index (Phi) is 7.07. The summed E-state index contributed by atoms with van der Waals surface area (Å²) in [6, 6.07) is 15.3. The Morgan fingerprint density at radius 1 is 0.828 bits per heavy atom.